The summed E-state index contributed by atoms with van der Waals surface area (Å²) in [7, 11) is 0. The van der Waals surface area contributed by atoms with Gasteiger partial charge >= 0.3 is 0 Å². The first-order valence-corrected chi connectivity index (χ1v) is 8.36. The SMILES string of the molecule is C=CC1(C)CCC2C(=CCC3C(C)(O)CCCC23C)C1. The lowest BCUT2D eigenvalue weighted by molar-refractivity contribution is -0.120. The number of allylic oxidation sites excluding steroid dienone is 3. The van der Waals surface area contributed by atoms with Crippen LogP contribution in [0, 0.1) is 22.7 Å². The maximum atomic E-state index is 10.8. The predicted octanol–water partition coefficient (Wildman–Crippen LogP) is 4.87. The van der Waals surface area contributed by atoms with Crippen LogP contribution in [0.2, 0.25) is 0 Å². The van der Waals surface area contributed by atoms with E-state index in [1.165, 1.54) is 32.1 Å². The largest absolute Gasteiger partial charge is 0.390 e. The molecular formula is C19H30O. The fourth-order valence-electron chi connectivity index (χ4n) is 5.57. The molecule has 2 fully saturated rings. The van der Waals surface area contributed by atoms with Gasteiger partial charge in [0.15, 0.2) is 0 Å². The van der Waals surface area contributed by atoms with Crippen molar-refractivity contribution in [1.29, 1.82) is 0 Å². The van der Waals surface area contributed by atoms with Gasteiger partial charge in [-0.3, -0.25) is 0 Å². The van der Waals surface area contributed by atoms with Crippen LogP contribution >= 0.6 is 0 Å². The minimum Gasteiger partial charge on any atom is -0.390 e. The van der Waals surface area contributed by atoms with Crippen molar-refractivity contribution in [2.45, 2.75) is 71.3 Å². The van der Waals surface area contributed by atoms with Crippen molar-refractivity contribution in [3.63, 3.8) is 0 Å². The van der Waals surface area contributed by atoms with Crippen LogP contribution in [0.3, 0.4) is 0 Å². The summed E-state index contributed by atoms with van der Waals surface area (Å²) in [6.07, 6.45) is 12.9. The van der Waals surface area contributed by atoms with E-state index in [0.717, 1.165) is 12.8 Å². The molecule has 5 unspecified atom stereocenters. The van der Waals surface area contributed by atoms with Crippen LogP contribution in [0.5, 0.6) is 0 Å². The van der Waals surface area contributed by atoms with Crippen LogP contribution in [-0.2, 0) is 0 Å². The average Bonchev–Trinajstić information content (AvgIpc) is 2.37. The molecule has 0 bridgehead atoms. The Kier molecular flexibility index (Phi) is 3.21. The molecule has 0 radical (unpaired) electrons. The summed E-state index contributed by atoms with van der Waals surface area (Å²) in [5, 5.41) is 10.8. The van der Waals surface area contributed by atoms with E-state index in [2.05, 4.69) is 39.5 Å². The molecule has 3 aliphatic carbocycles. The Hall–Kier alpha value is -0.560. The van der Waals surface area contributed by atoms with Crippen molar-refractivity contribution in [3.8, 4) is 0 Å². The van der Waals surface area contributed by atoms with Crippen LogP contribution in [0.15, 0.2) is 24.3 Å². The molecule has 112 valence electrons. The zero-order chi connectivity index (χ0) is 14.6. The minimum atomic E-state index is -0.464. The summed E-state index contributed by atoms with van der Waals surface area (Å²) >= 11 is 0. The number of hydrogen-bond donors (Lipinski definition) is 1. The maximum absolute atomic E-state index is 10.8. The van der Waals surface area contributed by atoms with E-state index in [9.17, 15) is 5.11 Å². The van der Waals surface area contributed by atoms with Crippen molar-refractivity contribution < 1.29 is 5.11 Å². The van der Waals surface area contributed by atoms with Gasteiger partial charge in [0.1, 0.15) is 0 Å². The van der Waals surface area contributed by atoms with E-state index in [0.29, 0.717) is 22.7 Å². The molecule has 3 aliphatic rings. The van der Waals surface area contributed by atoms with E-state index in [1.54, 1.807) is 5.57 Å². The molecule has 1 N–H and O–H groups in total. The Bertz CT molecular complexity index is 447. The Labute approximate surface area is 124 Å². The van der Waals surface area contributed by atoms with Gasteiger partial charge in [0.25, 0.3) is 0 Å². The van der Waals surface area contributed by atoms with Gasteiger partial charge in [-0.1, -0.05) is 38.0 Å². The van der Waals surface area contributed by atoms with Gasteiger partial charge in [0.05, 0.1) is 5.60 Å². The van der Waals surface area contributed by atoms with Crippen LogP contribution < -0.4 is 0 Å². The number of aliphatic hydroxyl groups is 1. The summed E-state index contributed by atoms with van der Waals surface area (Å²) in [4.78, 5) is 0. The Morgan fingerprint density at radius 1 is 1.25 bits per heavy atom. The van der Waals surface area contributed by atoms with Gasteiger partial charge in [-0.05, 0) is 68.1 Å². The Morgan fingerprint density at radius 3 is 2.70 bits per heavy atom. The number of rotatable bonds is 1. The smallest absolute Gasteiger partial charge is 0.0656 e. The fourth-order valence-corrected chi connectivity index (χ4v) is 5.57. The van der Waals surface area contributed by atoms with Gasteiger partial charge in [0.2, 0.25) is 0 Å². The molecule has 20 heavy (non-hydrogen) atoms. The third-order valence-electron chi connectivity index (χ3n) is 6.91. The molecule has 0 saturated heterocycles. The molecule has 0 aliphatic heterocycles. The zero-order valence-corrected chi connectivity index (χ0v) is 13.4. The summed E-state index contributed by atoms with van der Waals surface area (Å²) in [6.45, 7) is 10.9. The second-order valence-corrected chi connectivity index (χ2v) is 8.41. The summed E-state index contributed by atoms with van der Waals surface area (Å²) in [6, 6.07) is 0. The maximum Gasteiger partial charge on any atom is 0.0656 e. The molecule has 0 amide bonds. The molecule has 0 heterocycles. The highest BCUT2D eigenvalue weighted by atomic mass is 16.3. The van der Waals surface area contributed by atoms with Crippen LogP contribution in [0.1, 0.15) is 65.7 Å². The monoisotopic (exact) mass is 274 g/mol. The van der Waals surface area contributed by atoms with Crippen molar-refractivity contribution in [2.75, 3.05) is 0 Å². The predicted molar refractivity (Wildman–Crippen MR) is 84.4 cm³/mol. The molecule has 0 aromatic carbocycles. The first-order chi connectivity index (χ1) is 9.31. The normalized spacial score (nSPS) is 51.7. The molecular weight excluding hydrogens is 244 g/mol. The Balaban J connectivity index is 1.94. The van der Waals surface area contributed by atoms with Crippen molar-refractivity contribution in [3.05, 3.63) is 24.3 Å². The standard InChI is InChI=1S/C19H30O/c1-5-17(2)12-9-15-14(13-17)7-8-16-18(15,3)10-6-11-19(16,4)20/h5,7,15-16,20H,1,6,8-13H2,2-4H3. The van der Waals surface area contributed by atoms with Crippen molar-refractivity contribution >= 4 is 0 Å². The third-order valence-corrected chi connectivity index (χ3v) is 6.91. The third kappa shape index (κ3) is 2.01. The van der Waals surface area contributed by atoms with Crippen LogP contribution in [0.25, 0.3) is 0 Å². The highest BCUT2D eigenvalue weighted by Gasteiger charge is 2.54. The second-order valence-electron chi connectivity index (χ2n) is 8.41. The van der Waals surface area contributed by atoms with Gasteiger partial charge in [-0.2, -0.15) is 0 Å². The average molecular weight is 274 g/mol. The number of hydrogen-bond acceptors (Lipinski definition) is 1. The van der Waals surface area contributed by atoms with Crippen LogP contribution in [0.4, 0.5) is 0 Å². The fraction of sp³-hybridized carbons (Fsp3) is 0.789. The summed E-state index contributed by atoms with van der Waals surface area (Å²) < 4.78 is 0. The lowest BCUT2D eigenvalue weighted by Gasteiger charge is -2.58. The first-order valence-electron chi connectivity index (χ1n) is 8.36. The van der Waals surface area contributed by atoms with E-state index in [4.69, 9.17) is 0 Å². The molecule has 1 heteroatoms. The van der Waals surface area contributed by atoms with E-state index in [-0.39, 0.29) is 0 Å². The molecule has 5 atom stereocenters. The Morgan fingerprint density at radius 2 is 2.00 bits per heavy atom. The van der Waals surface area contributed by atoms with Crippen LogP contribution in [-0.4, -0.2) is 10.7 Å². The molecule has 2 saturated carbocycles. The molecule has 1 nitrogen and oxygen atoms in total. The van der Waals surface area contributed by atoms with E-state index in [1.807, 2.05) is 0 Å². The van der Waals surface area contributed by atoms with Gasteiger partial charge in [-0.25, -0.2) is 0 Å². The quantitative estimate of drug-likeness (QED) is 0.677. The van der Waals surface area contributed by atoms with Gasteiger partial charge < -0.3 is 5.11 Å². The second kappa shape index (κ2) is 4.47. The highest BCUT2D eigenvalue weighted by molar-refractivity contribution is 5.25. The highest BCUT2D eigenvalue weighted by Crippen LogP contribution is 2.61. The van der Waals surface area contributed by atoms with E-state index < -0.39 is 5.60 Å². The lowest BCUT2D eigenvalue weighted by atomic mass is 9.48. The van der Waals surface area contributed by atoms with Gasteiger partial charge in [-0.15, -0.1) is 6.58 Å². The zero-order valence-electron chi connectivity index (χ0n) is 13.4. The van der Waals surface area contributed by atoms with Crippen molar-refractivity contribution in [2.24, 2.45) is 22.7 Å². The molecule has 0 spiro atoms. The molecule has 0 aromatic heterocycles. The van der Waals surface area contributed by atoms with Gasteiger partial charge in [0, 0.05) is 0 Å². The van der Waals surface area contributed by atoms with Crippen molar-refractivity contribution in [1.82, 2.24) is 0 Å². The summed E-state index contributed by atoms with van der Waals surface area (Å²) in [5.74, 6) is 1.15. The topological polar surface area (TPSA) is 20.2 Å². The lowest BCUT2D eigenvalue weighted by Crippen LogP contribution is -2.54. The van der Waals surface area contributed by atoms with E-state index >= 15 is 0 Å². The first kappa shape index (κ1) is 14.4. The molecule has 3 rings (SSSR count). The molecule has 0 aromatic rings. The minimum absolute atomic E-state index is 0.294. The number of fused-ring (bicyclic) bond motifs is 3. The summed E-state index contributed by atoms with van der Waals surface area (Å²) in [5.41, 5.74) is 1.81.